The first kappa shape index (κ1) is 25.5. The molecule has 0 saturated heterocycles. The van der Waals surface area contributed by atoms with Crippen LogP contribution in [0.3, 0.4) is 0 Å². The molecule has 0 atom stereocenters. The van der Waals surface area contributed by atoms with Crippen LogP contribution in [0.25, 0.3) is 11.1 Å². The quantitative estimate of drug-likeness (QED) is 0.300. The molecule has 0 unspecified atom stereocenters. The summed E-state index contributed by atoms with van der Waals surface area (Å²) in [7, 11) is 0. The zero-order valence-corrected chi connectivity index (χ0v) is 20.8. The molecule has 0 fully saturated rings. The van der Waals surface area contributed by atoms with E-state index in [-0.39, 0.29) is 0 Å². The first-order chi connectivity index (χ1) is 15.0. The lowest BCUT2D eigenvalue weighted by atomic mass is 9.80. The molecule has 0 amide bonds. The van der Waals surface area contributed by atoms with Gasteiger partial charge in [-0.2, -0.15) is 0 Å². The highest BCUT2D eigenvalue weighted by Gasteiger charge is 2.22. The van der Waals surface area contributed by atoms with Crippen LogP contribution in [-0.4, -0.2) is 5.11 Å². The number of aromatic hydroxyl groups is 1. The summed E-state index contributed by atoms with van der Waals surface area (Å²) in [6, 6.07) is 12.8. The predicted octanol–water partition coefficient (Wildman–Crippen LogP) is 9.77. The molecule has 1 N–H and O–H groups in total. The number of benzene rings is 2. The Labute approximate surface area is 192 Å². The van der Waals surface area contributed by atoms with E-state index in [1.165, 1.54) is 80.0 Å². The maximum absolute atomic E-state index is 11.0. The standard InChI is InChI=1S/C30H46O/c1-6-7-8-9-10-11-12-13-14-18-21-26-28(31)22-27(23(2)3)29(24(4)5)30(26)25-19-16-15-17-20-25/h15-17,19-20,22-24,31H,6-14,18,21H2,1-5H3. The molecule has 1 heteroatoms. The van der Waals surface area contributed by atoms with Crippen molar-refractivity contribution >= 4 is 0 Å². The van der Waals surface area contributed by atoms with Gasteiger partial charge in [0.2, 0.25) is 0 Å². The van der Waals surface area contributed by atoms with Gasteiger partial charge in [-0.15, -0.1) is 0 Å². The van der Waals surface area contributed by atoms with Crippen LogP contribution < -0.4 is 0 Å². The summed E-state index contributed by atoms with van der Waals surface area (Å²) >= 11 is 0. The van der Waals surface area contributed by atoms with Gasteiger partial charge < -0.3 is 5.11 Å². The average molecular weight is 423 g/mol. The van der Waals surface area contributed by atoms with E-state index in [2.05, 4.69) is 71.0 Å². The molecule has 0 aliphatic rings. The van der Waals surface area contributed by atoms with E-state index in [9.17, 15) is 5.11 Å². The Balaban J connectivity index is 2.10. The highest BCUT2D eigenvalue weighted by molar-refractivity contribution is 5.76. The Morgan fingerprint density at radius 2 is 1.26 bits per heavy atom. The van der Waals surface area contributed by atoms with E-state index < -0.39 is 0 Å². The third-order valence-electron chi connectivity index (χ3n) is 6.53. The van der Waals surface area contributed by atoms with E-state index in [0.717, 1.165) is 18.4 Å². The van der Waals surface area contributed by atoms with Crippen LogP contribution in [-0.2, 0) is 6.42 Å². The van der Waals surface area contributed by atoms with E-state index in [1.54, 1.807) is 0 Å². The molecular weight excluding hydrogens is 376 g/mol. The molecule has 1 nitrogen and oxygen atoms in total. The summed E-state index contributed by atoms with van der Waals surface area (Å²) in [6.45, 7) is 11.3. The normalized spacial score (nSPS) is 11.6. The fourth-order valence-corrected chi connectivity index (χ4v) is 4.82. The summed E-state index contributed by atoms with van der Waals surface area (Å²) in [6.07, 6.45) is 14.3. The van der Waals surface area contributed by atoms with Crippen LogP contribution in [0.15, 0.2) is 36.4 Å². The minimum Gasteiger partial charge on any atom is -0.508 e. The van der Waals surface area contributed by atoms with Crippen molar-refractivity contribution < 1.29 is 5.11 Å². The molecular formula is C30H46O. The second-order valence-corrected chi connectivity index (χ2v) is 9.86. The van der Waals surface area contributed by atoms with Gasteiger partial charge in [-0.1, -0.05) is 123 Å². The van der Waals surface area contributed by atoms with Crippen molar-refractivity contribution in [2.75, 3.05) is 0 Å². The molecule has 2 rings (SSSR count). The summed E-state index contributed by atoms with van der Waals surface area (Å²) in [5.41, 5.74) is 6.39. The van der Waals surface area contributed by atoms with Crippen molar-refractivity contribution in [2.24, 2.45) is 0 Å². The Morgan fingerprint density at radius 1 is 0.710 bits per heavy atom. The molecule has 2 aromatic rings. The lowest BCUT2D eigenvalue weighted by molar-refractivity contribution is 0.464. The summed E-state index contributed by atoms with van der Waals surface area (Å²) in [5, 5.41) is 11.0. The van der Waals surface area contributed by atoms with Gasteiger partial charge in [0, 0.05) is 5.56 Å². The number of rotatable bonds is 14. The molecule has 2 aromatic carbocycles. The van der Waals surface area contributed by atoms with Gasteiger partial charge in [-0.3, -0.25) is 0 Å². The minimum atomic E-state index is 0.400. The van der Waals surface area contributed by atoms with Gasteiger partial charge in [0.05, 0.1) is 0 Å². The largest absolute Gasteiger partial charge is 0.508 e. The second-order valence-electron chi connectivity index (χ2n) is 9.86. The Bertz CT molecular complexity index is 758. The molecule has 0 aliphatic heterocycles. The number of hydrogen-bond donors (Lipinski definition) is 1. The van der Waals surface area contributed by atoms with Crippen molar-refractivity contribution in [1.29, 1.82) is 0 Å². The lowest BCUT2D eigenvalue weighted by Crippen LogP contribution is -2.06. The maximum atomic E-state index is 11.0. The van der Waals surface area contributed by atoms with E-state index >= 15 is 0 Å². The van der Waals surface area contributed by atoms with Crippen LogP contribution >= 0.6 is 0 Å². The Morgan fingerprint density at radius 3 is 1.77 bits per heavy atom. The molecule has 0 aromatic heterocycles. The Hall–Kier alpha value is -1.76. The lowest BCUT2D eigenvalue weighted by Gasteiger charge is -2.25. The van der Waals surface area contributed by atoms with Gasteiger partial charge in [-0.25, -0.2) is 0 Å². The van der Waals surface area contributed by atoms with Crippen LogP contribution in [0.4, 0.5) is 0 Å². The predicted molar refractivity (Wildman–Crippen MR) is 137 cm³/mol. The molecule has 0 aliphatic carbocycles. The fourth-order valence-electron chi connectivity index (χ4n) is 4.82. The van der Waals surface area contributed by atoms with Gasteiger partial charge in [-0.05, 0) is 53.0 Å². The van der Waals surface area contributed by atoms with Crippen molar-refractivity contribution in [3.8, 4) is 16.9 Å². The van der Waals surface area contributed by atoms with Crippen molar-refractivity contribution in [3.05, 3.63) is 53.1 Å². The molecule has 172 valence electrons. The van der Waals surface area contributed by atoms with Gasteiger partial charge in [0.25, 0.3) is 0 Å². The molecule has 31 heavy (non-hydrogen) atoms. The fraction of sp³-hybridized carbons (Fsp3) is 0.600. The molecule has 0 saturated carbocycles. The second kappa shape index (κ2) is 13.6. The van der Waals surface area contributed by atoms with Crippen molar-refractivity contribution in [1.82, 2.24) is 0 Å². The molecule has 0 bridgehead atoms. The van der Waals surface area contributed by atoms with Gasteiger partial charge in [0.15, 0.2) is 0 Å². The van der Waals surface area contributed by atoms with E-state index in [4.69, 9.17) is 0 Å². The van der Waals surface area contributed by atoms with E-state index in [0.29, 0.717) is 17.6 Å². The summed E-state index contributed by atoms with van der Waals surface area (Å²) in [5.74, 6) is 1.32. The smallest absolute Gasteiger partial charge is 0.119 e. The Kier molecular flexibility index (Phi) is 11.2. The summed E-state index contributed by atoms with van der Waals surface area (Å²) in [4.78, 5) is 0. The zero-order chi connectivity index (χ0) is 22.6. The van der Waals surface area contributed by atoms with Gasteiger partial charge in [0.1, 0.15) is 5.75 Å². The molecule has 0 heterocycles. The zero-order valence-electron chi connectivity index (χ0n) is 20.8. The SMILES string of the molecule is CCCCCCCCCCCCc1c(O)cc(C(C)C)c(C(C)C)c1-c1ccccc1. The van der Waals surface area contributed by atoms with Crippen LogP contribution in [0.2, 0.25) is 0 Å². The minimum absolute atomic E-state index is 0.400. The third kappa shape index (κ3) is 7.70. The number of phenols is 1. The van der Waals surface area contributed by atoms with Crippen LogP contribution in [0, 0.1) is 0 Å². The van der Waals surface area contributed by atoms with Crippen LogP contribution in [0.1, 0.15) is 127 Å². The molecule has 0 radical (unpaired) electrons. The van der Waals surface area contributed by atoms with Crippen LogP contribution in [0.5, 0.6) is 5.75 Å². The summed E-state index contributed by atoms with van der Waals surface area (Å²) < 4.78 is 0. The van der Waals surface area contributed by atoms with Crippen molar-refractivity contribution in [3.63, 3.8) is 0 Å². The number of hydrogen-bond acceptors (Lipinski definition) is 1. The average Bonchev–Trinajstić information content (AvgIpc) is 2.75. The highest BCUT2D eigenvalue weighted by atomic mass is 16.3. The maximum Gasteiger partial charge on any atom is 0.119 e. The first-order valence-electron chi connectivity index (χ1n) is 12.9. The van der Waals surface area contributed by atoms with Gasteiger partial charge >= 0.3 is 0 Å². The molecule has 0 spiro atoms. The topological polar surface area (TPSA) is 20.2 Å². The van der Waals surface area contributed by atoms with E-state index in [1.807, 2.05) is 0 Å². The first-order valence-corrected chi connectivity index (χ1v) is 12.9. The van der Waals surface area contributed by atoms with Crippen molar-refractivity contribution in [2.45, 2.75) is 117 Å². The monoisotopic (exact) mass is 422 g/mol. The third-order valence-corrected chi connectivity index (χ3v) is 6.53. The highest BCUT2D eigenvalue weighted by Crippen LogP contribution is 2.42. The number of phenolic OH excluding ortho intramolecular Hbond substituents is 1. The number of unbranched alkanes of at least 4 members (excludes halogenated alkanes) is 9.